The maximum absolute atomic E-state index is 12.9. The summed E-state index contributed by atoms with van der Waals surface area (Å²) in [6.45, 7) is 10.6. The van der Waals surface area contributed by atoms with Gasteiger partial charge in [-0.05, 0) is 67.6 Å². The maximum Gasteiger partial charge on any atom is 0.223 e. The third-order valence-electron chi connectivity index (χ3n) is 7.45. The number of nitrogens with two attached hydrogens (primary N) is 1. The van der Waals surface area contributed by atoms with Gasteiger partial charge in [0.25, 0.3) is 0 Å². The molecular weight excluding hydrogens is 472 g/mol. The van der Waals surface area contributed by atoms with Crippen LogP contribution in [0.15, 0.2) is 18.2 Å². The van der Waals surface area contributed by atoms with Crippen molar-refractivity contribution in [2.75, 3.05) is 40.6 Å². The summed E-state index contributed by atoms with van der Waals surface area (Å²) in [6.07, 6.45) is 3.17. The molecule has 1 aliphatic rings. The van der Waals surface area contributed by atoms with Gasteiger partial charge in [-0.3, -0.25) is 4.79 Å². The van der Waals surface area contributed by atoms with E-state index in [9.17, 15) is 9.90 Å². The van der Waals surface area contributed by atoms with Gasteiger partial charge in [-0.2, -0.15) is 0 Å². The molecule has 5 atom stereocenters. The van der Waals surface area contributed by atoms with Crippen LogP contribution in [0.3, 0.4) is 0 Å². The zero-order valence-corrected chi connectivity index (χ0v) is 23.7. The van der Waals surface area contributed by atoms with E-state index in [0.29, 0.717) is 50.0 Å². The van der Waals surface area contributed by atoms with Gasteiger partial charge in [-0.15, -0.1) is 0 Å². The summed E-state index contributed by atoms with van der Waals surface area (Å²) >= 11 is 0. The Bertz CT molecular complexity index is 797. The van der Waals surface area contributed by atoms with Crippen molar-refractivity contribution in [1.29, 1.82) is 0 Å². The fourth-order valence-electron chi connectivity index (χ4n) is 4.86. The number of aliphatic hydroxyl groups excluding tert-OH is 1. The Hall–Kier alpha value is -1.87. The molecule has 212 valence electrons. The summed E-state index contributed by atoms with van der Waals surface area (Å²) in [5, 5.41) is 14.0. The van der Waals surface area contributed by atoms with E-state index < -0.39 is 12.1 Å². The molecule has 1 fully saturated rings. The highest BCUT2D eigenvalue weighted by molar-refractivity contribution is 5.78. The number of rotatable bonds is 17. The second kappa shape index (κ2) is 16.2. The molecule has 37 heavy (non-hydrogen) atoms. The number of hydrogen-bond acceptors (Lipinski definition) is 7. The van der Waals surface area contributed by atoms with Crippen LogP contribution < -0.4 is 20.5 Å². The van der Waals surface area contributed by atoms with Gasteiger partial charge < -0.3 is 35.1 Å². The van der Waals surface area contributed by atoms with Crippen molar-refractivity contribution in [3.63, 3.8) is 0 Å². The van der Waals surface area contributed by atoms with Gasteiger partial charge in [-0.1, -0.05) is 33.8 Å². The summed E-state index contributed by atoms with van der Waals surface area (Å²) in [7, 11) is 3.27. The van der Waals surface area contributed by atoms with Gasteiger partial charge in [0.05, 0.1) is 25.9 Å². The molecule has 1 aromatic rings. The molecule has 1 aromatic carbocycles. The number of methoxy groups -OCH3 is 2. The molecule has 1 saturated heterocycles. The van der Waals surface area contributed by atoms with E-state index in [1.54, 1.807) is 14.2 Å². The lowest BCUT2D eigenvalue weighted by Crippen LogP contribution is -2.43. The van der Waals surface area contributed by atoms with E-state index >= 15 is 0 Å². The van der Waals surface area contributed by atoms with E-state index in [2.05, 4.69) is 19.2 Å². The van der Waals surface area contributed by atoms with Gasteiger partial charge in [-0.25, -0.2) is 0 Å². The Morgan fingerprint density at radius 3 is 2.49 bits per heavy atom. The van der Waals surface area contributed by atoms with Crippen LogP contribution in [0.25, 0.3) is 0 Å². The zero-order chi connectivity index (χ0) is 27.4. The van der Waals surface area contributed by atoms with Crippen molar-refractivity contribution in [3.8, 4) is 11.5 Å². The number of aliphatic hydroxyl groups is 1. The smallest absolute Gasteiger partial charge is 0.223 e. The highest BCUT2D eigenvalue weighted by Gasteiger charge is 2.30. The molecule has 0 radical (unpaired) electrons. The van der Waals surface area contributed by atoms with Gasteiger partial charge in [0.2, 0.25) is 5.91 Å². The Kier molecular flexibility index (Phi) is 13.7. The Morgan fingerprint density at radius 1 is 1.14 bits per heavy atom. The standard InChI is InChI=1S/C29H50N2O6/c1-19(2)22(14-21-9-10-27(35-6)28(15-21)37-13-12-34-5)16-25(30)26(32)17-24(20(3)4)29(33)31-18-23-8-7-11-36-23/h9-10,15,19-20,22-26,32H,7-8,11-14,16-18,30H2,1-6H3,(H,31,33)/t22-,23-,24-,25-,26-/m0/s1. The lowest BCUT2D eigenvalue weighted by molar-refractivity contribution is -0.128. The maximum atomic E-state index is 12.9. The molecule has 2 rings (SSSR count). The highest BCUT2D eigenvalue weighted by Crippen LogP contribution is 2.31. The van der Waals surface area contributed by atoms with E-state index in [0.717, 1.165) is 31.4 Å². The molecule has 8 heteroatoms. The minimum Gasteiger partial charge on any atom is -0.493 e. The quantitative estimate of drug-likeness (QED) is 0.268. The monoisotopic (exact) mass is 522 g/mol. The number of hydrogen-bond donors (Lipinski definition) is 3. The topological polar surface area (TPSA) is 112 Å². The van der Waals surface area contributed by atoms with Crippen molar-refractivity contribution in [1.82, 2.24) is 5.32 Å². The van der Waals surface area contributed by atoms with Crippen LogP contribution in [0.2, 0.25) is 0 Å². The predicted molar refractivity (Wildman–Crippen MR) is 146 cm³/mol. The second-order valence-corrected chi connectivity index (χ2v) is 11.0. The summed E-state index contributed by atoms with van der Waals surface area (Å²) in [4.78, 5) is 12.9. The zero-order valence-electron chi connectivity index (χ0n) is 23.7. The molecule has 0 aliphatic carbocycles. The molecule has 0 bridgehead atoms. The predicted octanol–water partition coefficient (Wildman–Crippen LogP) is 3.57. The van der Waals surface area contributed by atoms with E-state index in [1.165, 1.54) is 0 Å². The molecule has 1 heterocycles. The number of ether oxygens (including phenoxy) is 4. The first-order chi connectivity index (χ1) is 17.7. The van der Waals surface area contributed by atoms with Crippen LogP contribution in [0.5, 0.6) is 11.5 Å². The summed E-state index contributed by atoms with van der Waals surface area (Å²) in [6, 6.07) is 5.56. The normalized spacial score (nSPS) is 19.0. The summed E-state index contributed by atoms with van der Waals surface area (Å²) in [5.74, 6) is 1.78. The lowest BCUT2D eigenvalue weighted by Gasteiger charge is -2.30. The minimum absolute atomic E-state index is 0.0311. The SMILES string of the molecule is COCCOc1cc(C[C@@H](C[C@H](N)[C@@H](O)C[C@H](C(=O)NC[C@@H]2CCCO2)C(C)C)C(C)C)ccc1OC. The van der Waals surface area contributed by atoms with Crippen molar-refractivity contribution in [2.24, 2.45) is 29.4 Å². The average molecular weight is 523 g/mol. The highest BCUT2D eigenvalue weighted by atomic mass is 16.5. The first-order valence-corrected chi connectivity index (χ1v) is 13.8. The summed E-state index contributed by atoms with van der Waals surface area (Å²) in [5.41, 5.74) is 7.65. The van der Waals surface area contributed by atoms with E-state index in [1.807, 2.05) is 32.0 Å². The lowest BCUT2D eigenvalue weighted by atomic mass is 9.81. The van der Waals surface area contributed by atoms with E-state index in [-0.39, 0.29) is 29.8 Å². The van der Waals surface area contributed by atoms with Crippen LogP contribution in [-0.2, 0) is 20.7 Å². The number of nitrogens with one attached hydrogen (secondary N) is 1. The number of benzene rings is 1. The molecular formula is C29H50N2O6. The van der Waals surface area contributed by atoms with Crippen LogP contribution in [0.4, 0.5) is 0 Å². The number of carbonyl (C=O) groups excluding carboxylic acids is 1. The molecule has 1 amide bonds. The van der Waals surface area contributed by atoms with Gasteiger partial charge in [0.1, 0.15) is 6.61 Å². The molecule has 4 N–H and O–H groups in total. The summed E-state index contributed by atoms with van der Waals surface area (Å²) < 4.78 is 22.0. The van der Waals surface area contributed by atoms with Crippen LogP contribution >= 0.6 is 0 Å². The molecule has 8 nitrogen and oxygen atoms in total. The first-order valence-electron chi connectivity index (χ1n) is 13.8. The first kappa shape index (κ1) is 31.3. The van der Waals surface area contributed by atoms with Crippen molar-refractivity contribution < 1.29 is 28.8 Å². The Morgan fingerprint density at radius 2 is 1.89 bits per heavy atom. The molecule has 0 unspecified atom stereocenters. The van der Waals surface area contributed by atoms with E-state index in [4.69, 9.17) is 24.7 Å². The average Bonchev–Trinajstić information content (AvgIpc) is 3.39. The Labute approximate surface area is 223 Å². The molecule has 1 aliphatic heterocycles. The molecule has 0 spiro atoms. The minimum atomic E-state index is -0.758. The van der Waals surface area contributed by atoms with Gasteiger partial charge >= 0.3 is 0 Å². The molecule has 0 aromatic heterocycles. The fraction of sp³-hybridized carbons (Fsp3) is 0.759. The number of carbonyl (C=O) groups is 1. The van der Waals surface area contributed by atoms with Crippen molar-refractivity contribution in [2.45, 2.75) is 78.0 Å². The van der Waals surface area contributed by atoms with Gasteiger partial charge in [0, 0.05) is 32.2 Å². The van der Waals surface area contributed by atoms with Crippen LogP contribution in [0.1, 0.15) is 58.9 Å². The van der Waals surface area contributed by atoms with Crippen molar-refractivity contribution in [3.05, 3.63) is 23.8 Å². The van der Waals surface area contributed by atoms with Gasteiger partial charge in [0.15, 0.2) is 11.5 Å². The Balaban J connectivity index is 1.98. The largest absolute Gasteiger partial charge is 0.493 e. The third kappa shape index (κ3) is 10.4. The third-order valence-corrected chi connectivity index (χ3v) is 7.45. The number of amides is 1. The molecule has 0 saturated carbocycles. The second-order valence-electron chi connectivity index (χ2n) is 11.0. The van der Waals surface area contributed by atoms with Crippen LogP contribution in [0, 0.1) is 23.7 Å². The van der Waals surface area contributed by atoms with Crippen LogP contribution in [-0.4, -0.2) is 69.8 Å². The van der Waals surface area contributed by atoms with Crippen molar-refractivity contribution >= 4 is 5.91 Å². The fourth-order valence-corrected chi connectivity index (χ4v) is 4.86.